The van der Waals surface area contributed by atoms with Gasteiger partial charge in [-0.05, 0) is 60.4 Å². The Morgan fingerprint density at radius 2 is 1.77 bits per heavy atom. The zero-order chi connectivity index (χ0) is 21.6. The average molecular weight is 422 g/mol. The number of hydrogen-bond donors (Lipinski definition) is 2. The molecular formula is C24H23NO4S. The number of nitrogens with zero attached hydrogens (tertiary/aromatic N) is 1. The van der Waals surface area contributed by atoms with Crippen molar-refractivity contribution in [2.45, 2.75) is 25.1 Å². The van der Waals surface area contributed by atoms with Crippen molar-refractivity contribution in [3.8, 4) is 22.6 Å². The molecule has 0 radical (unpaired) electrons. The lowest BCUT2D eigenvalue weighted by Crippen LogP contribution is -2.38. The van der Waals surface area contributed by atoms with Crippen LogP contribution in [0.3, 0.4) is 0 Å². The first-order valence-corrected chi connectivity index (χ1v) is 11.1. The maximum absolute atomic E-state index is 13.9. The lowest BCUT2D eigenvalue weighted by molar-refractivity contribution is 0.470. The van der Waals surface area contributed by atoms with Crippen LogP contribution in [0.5, 0.6) is 11.5 Å². The molecule has 3 aromatic rings. The average Bonchev–Trinajstić information content (AvgIpc) is 2.71. The van der Waals surface area contributed by atoms with Crippen LogP contribution in [0.4, 0.5) is 5.69 Å². The van der Waals surface area contributed by atoms with Gasteiger partial charge < -0.3 is 10.2 Å². The Morgan fingerprint density at radius 1 is 1.03 bits per heavy atom. The Balaban J connectivity index is 1.91. The van der Waals surface area contributed by atoms with E-state index in [9.17, 15) is 18.6 Å². The topological polar surface area (TPSA) is 77.8 Å². The molecule has 1 aliphatic heterocycles. The SMILES string of the molecule is C=CC(c1ccc(O)c(C)c1)S(=O)(=O)N1c2ccccc2-c2cc(O)ccc2C1C. The zero-order valence-electron chi connectivity index (χ0n) is 16.8. The van der Waals surface area contributed by atoms with Crippen molar-refractivity contribution in [3.05, 3.63) is 90.0 Å². The molecule has 2 atom stereocenters. The molecule has 0 aromatic heterocycles. The first-order valence-electron chi connectivity index (χ1n) is 9.63. The fraction of sp³-hybridized carbons (Fsp3) is 0.167. The smallest absolute Gasteiger partial charge is 0.246 e. The molecule has 6 heteroatoms. The number of sulfonamides is 1. The summed E-state index contributed by atoms with van der Waals surface area (Å²) in [5, 5.41) is 18.9. The maximum Gasteiger partial charge on any atom is 0.246 e. The lowest BCUT2D eigenvalue weighted by Gasteiger charge is -2.39. The van der Waals surface area contributed by atoms with Crippen molar-refractivity contribution >= 4 is 15.7 Å². The van der Waals surface area contributed by atoms with Crippen LogP contribution < -0.4 is 4.31 Å². The lowest BCUT2D eigenvalue weighted by atomic mass is 9.90. The van der Waals surface area contributed by atoms with E-state index in [1.165, 1.54) is 16.4 Å². The molecule has 2 N–H and O–H groups in total. The predicted molar refractivity (Wildman–Crippen MR) is 119 cm³/mol. The second-order valence-electron chi connectivity index (χ2n) is 7.51. The number of aromatic hydroxyl groups is 2. The van der Waals surface area contributed by atoms with Gasteiger partial charge in [-0.2, -0.15) is 0 Å². The Hall–Kier alpha value is -3.25. The van der Waals surface area contributed by atoms with Crippen LogP contribution in [-0.2, 0) is 10.0 Å². The minimum atomic E-state index is -3.90. The quantitative estimate of drug-likeness (QED) is 0.567. The summed E-state index contributed by atoms with van der Waals surface area (Å²) in [6.07, 6.45) is 1.42. The summed E-state index contributed by atoms with van der Waals surface area (Å²) in [7, 11) is -3.90. The van der Waals surface area contributed by atoms with Gasteiger partial charge >= 0.3 is 0 Å². The molecule has 0 amide bonds. The van der Waals surface area contributed by atoms with Crippen LogP contribution in [0.1, 0.15) is 34.9 Å². The van der Waals surface area contributed by atoms with Gasteiger partial charge in [0.25, 0.3) is 0 Å². The van der Waals surface area contributed by atoms with E-state index >= 15 is 0 Å². The molecule has 0 saturated carbocycles. The molecule has 3 aromatic carbocycles. The summed E-state index contributed by atoms with van der Waals surface area (Å²) >= 11 is 0. The van der Waals surface area contributed by atoms with Gasteiger partial charge in [-0.3, -0.25) is 4.31 Å². The van der Waals surface area contributed by atoms with Crippen LogP contribution in [0.25, 0.3) is 11.1 Å². The van der Waals surface area contributed by atoms with Gasteiger partial charge in [0.05, 0.1) is 11.7 Å². The van der Waals surface area contributed by atoms with E-state index in [-0.39, 0.29) is 11.5 Å². The van der Waals surface area contributed by atoms with Gasteiger partial charge in [0.2, 0.25) is 10.0 Å². The normalized spacial score (nSPS) is 16.5. The highest BCUT2D eigenvalue weighted by molar-refractivity contribution is 7.93. The van der Waals surface area contributed by atoms with Crippen molar-refractivity contribution in [1.29, 1.82) is 0 Å². The number of rotatable bonds is 4. The van der Waals surface area contributed by atoms with Crippen LogP contribution in [0.2, 0.25) is 0 Å². The number of fused-ring (bicyclic) bond motifs is 3. The number of hydrogen-bond acceptors (Lipinski definition) is 4. The van der Waals surface area contributed by atoms with Gasteiger partial charge in [-0.15, -0.1) is 6.58 Å². The first kappa shape index (κ1) is 20.0. The fourth-order valence-electron chi connectivity index (χ4n) is 4.14. The third-order valence-corrected chi connectivity index (χ3v) is 7.80. The van der Waals surface area contributed by atoms with Crippen LogP contribution in [0.15, 0.2) is 73.3 Å². The molecule has 0 saturated heterocycles. The Labute approximate surface area is 176 Å². The third-order valence-electron chi connectivity index (χ3n) is 5.63. The molecule has 5 nitrogen and oxygen atoms in total. The summed E-state index contributed by atoms with van der Waals surface area (Å²) in [5.41, 5.74) is 4.09. The van der Waals surface area contributed by atoms with Gasteiger partial charge in [0.15, 0.2) is 0 Å². The van der Waals surface area contributed by atoms with Crippen molar-refractivity contribution < 1.29 is 18.6 Å². The van der Waals surface area contributed by atoms with E-state index in [0.717, 1.165) is 16.7 Å². The van der Waals surface area contributed by atoms with Gasteiger partial charge in [0.1, 0.15) is 16.7 Å². The molecule has 1 heterocycles. The Morgan fingerprint density at radius 3 is 2.47 bits per heavy atom. The summed E-state index contributed by atoms with van der Waals surface area (Å²) in [5.74, 6) is 0.250. The van der Waals surface area contributed by atoms with E-state index in [1.54, 1.807) is 49.4 Å². The van der Waals surface area contributed by atoms with Crippen molar-refractivity contribution in [1.82, 2.24) is 0 Å². The summed E-state index contributed by atoms with van der Waals surface area (Å²) in [4.78, 5) is 0. The zero-order valence-corrected chi connectivity index (χ0v) is 17.6. The maximum atomic E-state index is 13.9. The van der Waals surface area contributed by atoms with Gasteiger partial charge in [-0.1, -0.05) is 42.5 Å². The fourth-order valence-corrected chi connectivity index (χ4v) is 6.10. The number of benzene rings is 3. The second-order valence-corrected chi connectivity index (χ2v) is 9.44. The van der Waals surface area contributed by atoms with Gasteiger partial charge in [-0.25, -0.2) is 8.42 Å². The molecule has 1 aliphatic rings. The van der Waals surface area contributed by atoms with E-state index in [4.69, 9.17) is 0 Å². The largest absolute Gasteiger partial charge is 0.508 e. The summed E-state index contributed by atoms with van der Waals surface area (Å²) in [6.45, 7) is 7.35. The molecule has 0 aliphatic carbocycles. The molecule has 154 valence electrons. The van der Waals surface area contributed by atoms with Crippen molar-refractivity contribution in [2.24, 2.45) is 0 Å². The number of anilines is 1. The van der Waals surface area contributed by atoms with Crippen LogP contribution in [0, 0.1) is 6.92 Å². The van der Waals surface area contributed by atoms with E-state index < -0.39 is 21.3 Å². The van der Waals surface area contributed by atoms with E-state index in [0.29, 0.717) is 16.8 Å². The molecule has 0 spiro atoms. The second kappa shape index (κ2) is 7.22. The van der Waals surface area contributed by atoms with Crippen molar-refractivity contribution in [2.75, 3.05) is 4.31 Å². The Bertz CT molecular complexity index is 1250. The summed E-state index contributed by atoms with van der Waals surface area (Å²) in [6, 6.07) is 16.6. The highest BCUT2D eigenvalue weighted by Gasteiger charge is 2.40. The number of phenols is 2. The Kier molecular flexibility index (Phi) is 4.82. The number of aryl methyl sites for hydroxylation is 1. The molecule has 0 bridgehead atoms. The number of phenolic OH excluding ortho intramolecular Hbond substituents is 2. The summed E-state index contributed by atoms with van der Waals surface area (Å²) < 4.78 is 29.3. The molecule has 0 fully saturated rings. The number of para-hydroxylation sites is 1. The minimum Gasteiger partial charge on any atom is -0.508 e. The molecule has 4 rings (SSSR count). The van der Waals surface area contributed by atoms with E-state index in [1.807, 2.05) is 19.1 Å². The highest BCUT2D eigenvalue weighted by Crippen LogP contribution is 2.48. The van der Waals surface area contributed by atoms with Crippen LogP contribution >= 0.6 is 0 Å². The molecule has 2 unspecified atom stereocenters. The third kappa shape index (κ3) is 3.04. The van der Waals surface area contributed by atoms with E-state index in [2.05, 4.69) is 6.58 Å². The van der Waals surface area contributed by atoms with Gasteiger partial charge in [0, 0.05) is 5.56 Å². The standard InChI is InChI=1S/C24H23NO4S/c1-4-24(17-9-12-23(27)15(2)13-17)30(28,29)25-16(3)19-11-10-18(26)14-21(19)20-7-5-6-8-22(20)25/h4-14,16,24,26-27H,1H2,2-3H3. The highest BCUT2D eigenvalue weighted by atomic mass is 32.2. The van der Waals surface area contributed by atoms with Crippen molar-refractivity contribution in [3.63, 3.8) is 0 Å². The predicted octanol–water partition coefficient (Wildman–Crippen LogP) is 5.21. The first-order chi connectivity index (χ1) is 14.3. The van der Waals surface area contributed by atoms with Crippen LogP contribution in [-0.4, -0.2) is 18.6 Å². The molecule has 30 heavy (non-hydrogen) atoms. The molecular weight excluding hydrogens is 398 g/mol. The minimum absolute atomic E-state index is 0.115. The monoisotopic (exact) mass is 421 g/mol.